The largest absolute Gasteiger partial charge is 0.467 e. The van der Waals surface area contributed by atoms with Crippen molar-refractivity contribution in [2.24, 2.45) is 5.92 Å². The van der Waals surface area contributed by atoms with Gasteiger partial charge in [-0.05, 0) is 37.5 Å². The van der Waals surface area contributed by atoms with E-state index in [0.717, 1.165) is 17.7 Å². The quantitative estimate of drug-likeness (QED) is 0.822. The lowest BCUT2D eigenvalue weighted by Crippen LogP contribution is -2.42. The minimum absolute atomic E-state index is 0.0119. The highest BCUT2D eigenvalue weighted by Gasteiger charge is 2.38. The standard InChI is InChI=1S/C19H21N5O3/c1-13-10-17(26-12-13)16-5-9-27-24(16)18(25)14-3-7-23(8-4-14)19-21-6-2-15(11-20)22-19/h2,6,10,12,14,16H,3-5,7-9H2,1H3/t16-/m0/s1. The molecule has 1 atom stereocenters. The van der Waals surface area contributed by atoms with Crippen molar-refractivity contribution in [3.63, 3.8) is 0 Å². The van der Waals surface area contributed by atoms with Gasteiger partial charge in [0.05, 0.1) is 12.9 Å². The first kappa shape index (κ1) is 17.5. The van der Waals surface area contributed by atoms with Crippen molar-refractivity contribution in [1.29, 1.82) is 5.26 Å². The van der Waals surface area contributed by atoms with Gasteiger partial charge in [0.1, 0.15) is 23.6 Å². The van der Waals surface area contributed by atoms with Gasteiger partial charge in [0.25, 0.3) is 0 Å². The van der Waals surface area contributed by atoms with E-state index in [0.29, 0.717) is 44.2 Å². The molecule has 8 heteroatoms. The maximum atomic E-state index is 13.0. The topological polar surface area (TPSA) is 95.5 Å². The van der Waals surface area contributed by atoms with Crippen LogP contribution in [0.15, 0.2) is 29.0 Å². The number of amides is 1. The van der Waals surface area contributed by atoms with E-state index in [-0.39, 0.29) is 17.9 Å². The number of piperidine rings is 1. The summed E-state index contributed by atoms with van der Waals surface area (Å²) in [6.45, 7) is 3.82. The second kappa shape index (κ2) is 7.37. The zero-order chi connectivity index (χ0) is 18.8. The fourth-order valence-electron chi connectivity index (χ4n) is 3.64. The zero-order valence-corrected chi connectivity index (χ0v) is 15.2. The van der Waals surface area contributed by atoms with Crippen molar-refractivity contribution in [3.05, 3.63) is 41.6 Å². The molecule has 4 rings (SSSR count). The fourth-order valence-corrected chi connectivity index (χ4v) is 3.64. The number of hydrogen-bond acceptors (Lipinski definition) is 7. The second-order valence-electron chi connectivity index (χ2n) is 6.94. The number of hydrogen-bond donors (Lipinski definition) is 0. The van der Waals surface area contributed by atoms with E-state index in [1.54, 1.807) is 18.5 Å². The van der Waals surface area contributed by atoms with Crippen molar-refractivity contribution in [2.45, 2.75) is 32.2 Å². The Morgan fingerprint density at radius 1 is 1.33 bits per heavy atom. The Morgan fingerprint density at radius 2 is 2.15 bits per heavy atom. The molecule has 27 heavy (non-hydrogen) atoms. The summed E-state index contributed by atoms with van der Waals surface area (Å²) >= 11 is 0. The van der Waals surface area contributed by atoms with Gasteiger partial charge in [0.2, 0.25) is 11.9 Å². The van der Waals surface area contributed by atoms with Gasteiger partial charge in [-0.2, -0.15) is 5.26 Å². The van der Waals surface area contributed by atoms with Crippen LogP contribution in [-0.4, -0.2) is 40.6 Å². The highest BCUT2D eigenvalue weighted by molar-refractivity contribution is 5.78. The molecule has 1 amide bonds. The molecule has 0 N–H and O–H groups in total. The van der Waals surface area contributed by atoms with Gasteiger partial charge in [0, 0.05) is 31.6 Å². The lowest BCUT2D eigenvalue weighted by molar-refractivity contribution is -0.183. The maximum absolute atomic E-state index is 13.0. The van der Waals surface area contributed by atoms with E-state index < -0.39 is 0 Å². The minimum atomic E-state index is -0.153. The predicted octanol–water partition coefficient (Wildman–Crippen LogP) is 2.37. The van der Waals surface area contributed by atoms with Gasteiger partial charge < -0.3 is 9.32 Å². The van der Waals surface area contributed by atoms with Crippen LogP contribution in [0, 0.1) is 24.2 Å². The number of rotatable bonds is 3. The van der Waals surface area contributed by atoms with Crippen molar-refractivity contribution >= 4 is 11.9 Å². The average molecular weight is 367 g/mol. The first-order chi connectivity index (χ1) is 13.2. The maximum Gasteiger partial charge on any atom is 0.250 e. The monoisotopic (exact) mass is 367 g/mol. The molecule has 0 radical (unpaired) electrons. The van der Waals surface area contributed by atoms with Crippen LogP contribution in [0.4, 0.5) is 5.95 Å². The number of aryl methyl sites for hydroxylation is 1. The van der Waals surface area contributed by atoms with E-state index in [2.05, 4.69) is 9.97 Å². The van der Waals surface area contributed by atoms with Crippen LogP contribution in [-0.2, 0) is 9.63 Å². The first-order valence-corrected chi connectivity index (χ1v) is 9.15. The number of aromatic nitrogens is 2. The van der Waals surface area contributed by atoms with Crippen molar-refractivity contribution in [3.8, 4) is 6.07 Å². The molecule has 2 saturated heterocycles. The molecule has 0 aliphatic carbocycles. The number of anilines is 1. The average Bonchev–Trinajstić information content (AvgIpc) is 3.36. The predicted molar refractivity (Wildman–Crippen MR) is 95.3 cm³/mol. The van der Waals surface area contributed by atoms with E-state index in [4.69, 9.17) is 14.5 Å². The Morgan fingerprint density at radius 3 is 2.85 bits per heavy atom. The summed E-state index contributed by atoms with van der Waals surface area (Å²) in [5.41, 5.74) is 1.39. The molecule has 140 valence electrons. The van der Waals surface area contributed by atoms with Gasteiger partial charge in [-0.1, -0.05) is 0 Å². The number of hydroxylamine groups is 2. The Labute approximate surface area is 157 Å². The Kier molecular flexibility index (Phi) is 4.77. The van der Waals surface area contributed by atoms with Gasteiger partial charge in [-0.15, -0.1) is 0 Å². The summed E-state index contributed by atoms with van der Waals surface area (Å²) in [4.78, 5) is 29.1. The van der Waals surface area contributed by atoms with E-state index in [9.17, 15) is 4.79 Å². The summed E-state index contributed by atoms with van der Waals surface area (Å²) < 4.78 is 5.59. The SMILES string of the molecule is Cc1coc([C@@H]2CCON2C(=O)C2CCN(c3nccc(C#N)n3)CC2)c1. The summed E-state index contributed by atoms with van der Waals surface area (Å²) in [5.74, 6) is 1.23. The number of nitrogens with zero attached hydrogens (tertiary/aromatic N) is 5. The van der Waals surface area contributed by atoms with Crippen molar-refractivity contribution in [1.82, 2.24) is 15.0 Å². The molecule has 4 heterocycles. The van der Waals surface area contributed by atoms with Crippen molar-refractivity contribution in [2.75, 3.05) is 24.6 Å². The molecule has 0 bridgehead atoms. The number of carbonyl (C=O) groups excluding carboxylic acids is 1. The smallest absolute Gasteiger partial charge is 0.250 e. The fraction of sp³-hybridized carbons (Fsp3) is 0.474. The first-order valence-electron chi connectivity index (χ1n) is 9.15. The number of carbonyl (C=O) groups is 1. The number of furan rings is 1. The normalized spacial score (nSPS) is 20.7. The van der Waals surface area contributed by atoms with Gasteiger partial charge >= 0.3 is 0 Å². The molecule has 8 nitrogen and oxygen atoms in total. The van der Waals surface area contributed by atoms with Crippen LogP contribution in [0.3, 0.4) is 0 Å². The zero-order valence-electron chi connectivity index (χ0n) is 15.2. The van der Waals surface area contributed by atoms with Crippen LogP contribution in [0.25, 0.3) is 0 Å². The Bertz CT molecular complexity index is 866. The Hall–Kier alpha value is -2.92. The molecule has 2 aliphatic heterocycles. The van der Waals surface area contributed by atoms with Crippen LogP contribution in [0.2, 0.25) is 0 Å². The van der Waals surface area contributed by atoms with Crippen LogP contribution in [0.1, 0.15) is 42.3 Å². The summed E-state index contributed by atoms with van der Waals surface area (Å²) in [6, 6.07) is 5.42. The molecule has 2 aliphatic rings. The lowest BCUT2D eigenvalue weighted by Gasteiger charge is -2.33. The molecular formula is C19H21N5O3. The Balaban J connectivity index is 1.40. The summed E-state index contributed by atoms with van der Waals surface area (Å²) in [5, 5.41) is 10.5. The minimum Gasteiger partial charge on any atom is -0.467 e. The third kappa shape index (κ3) is 3.51. The van der Waals surface area contributed by atoms with Crippen LogP contribution in [0.5, 0.6) is 0 Å². The second-order valence-corrected chi connectivity index (χ2v) is 6.94. The van der Waals surface area contributed by atoms with E-state index >= 15 is 0 Å². The third-order valence-corrected chi connectivity index (χ3v) is 5.09. The lowest BCUT2D eigenvalue weighted by atomic mass is 9.95. The van der Waals surface area contributed by atoms with E-state index in [1.165, 1.54) is 5.06 Å². The molecule has 0 saturated carbocycles. The summed E-state index contributed by atoms with van der Waals surface area (Å²) in [7, 11) is 0. The molecule has 2 aromatic heterocycles. The van der Waals surface area contributed by atoms with Crippen LogP contribution >= 0.6 is 0 Å². The highest BCUT2D eigenvalue weighted by Crippen LogP contribution is 2.34. The molecular weight excluding hydrogens is 346 g/mol. The van der Waals surface area contributed by atoms with Crippen molar-refractivity contribution < 1.29 is 14.0 Å². The van der Waals surface area contributed by atoms with Gasteiger partial charge in [-0.3, -0.25) is 9.63 Å². The highest BCUT2D eigenvalue weighted by atomic mass is 16.7. The molecule has 2 fully saturated rings. The molecule has 0 aromatic carbocycles. The van der Waals surface area contributed by atoms with Gasteiger partial charge in [0.15, 0.2) is 0 Å². The number of nitriles is 1. The molecule has 2 aromatic rings. The van der Waals surface area contributed by atoms with Crippen LogP contribution < -0.4 is 4.90 Å². The summed E-state index contributed by atoms with van der Waals surface area (Å²) in [6.07, 6.45) is 5.42. The van der Waals surface area contributed by atoms with Gasteiger partial charge in [-0.25, -0.2) is 15.0 Å². The molecule has 0 spiro atoms. The van der Waals surface area contributed by atoms with E-state index in [1.807, 2.05) is 24.0 Å². The molecule has 0 unspecified atom stereocenters. The third-order valence-electron chi connectivity index (χ3n) is 5.09.